The molecule has 142 valence electrons. The molecule has 0 heterocycles. The van der Waals surface area contributed by atoms with Crippen LogP contribution in [0.15, 0.2) is 36.4 Å². The van der Waals surface area contributed by atoms with Crippen LogP contribution in [0.1, 0.15) is 27.6 Å². The number of nitrogens with one attached hydrogen (secondary N) is 2. The number of methoxy groups -OCH3 is 1. The Labute approximate surface area is 171 Å². The molecule has 0 atom stereocenters. The van der Waals surface area contributed by atoms with Crippen LogP contribution in [0.4, 0.5) is 5.69 Å². The number of hydrogen-bond acceptors (Lipinski definition) is 5. The summed E-state index contributed by atoms with van der Waals surface area (Å²) >= 11 is 17.2. The standard InChI is InChI=1S/C18H16Cl2N2O4S/c1-3-26-17(24)10-4-6-12(7-5-10)21-18(27)22-16(23)11-8-13(19)15(25-2)14(20)9-11/h4-9H,3H2,1-2H3,(H2,21,22,23,27). The van der Waals surface area contributed by atoms with Crippen LogP contribution in [0.25, 0.3) is 0 Å². The van der Waals surface area contributed by atoms with E-state index in [1.807, 2.05) is 0 Å². The Morgan fingerprint density at radius 1 is 1.07 bits per heavy atom. The van der Waals surface area contributed by atoms with Gasteiger partial charge in [0.25, 0.3) is 5.91 Å². The number of halogens is 2. The fourth-order valence-corrected chi connectivity index (χ4v) is 2.98. The van der Waals surface area contributed by atoms with Crippen molar-refractivity contribution in [3.8, 4) is 5.75 Å². The van der Waals surface area contributed by atoms with Crippen molar-refractivity contribution < 1.29 is 19.1 Å². The molecule has 6 nitrogen and oxygen atoms in total. The fraction of sp³-hybridized carbons (Fsp3) is 0.167. The zero-order chi connectivity index (χ0) is 20.0. The van der Waals surface area contributed by atoms with Gasteiger partial charge in [-0.05, 0) is 55.5 Å². The molecule has 0 bridgehead atoms. The van der Waals surface area contributed by atoms with Crippen molar-refractivity contribution in [2.45, 2.75) is 6.92 Å². The summed E-state index contributed by atoms with van der Waals surface area (Å²) in [6.07, 6.45) is 0. The number of thiocarbonyl (C=S) groups is 1. The second-order valence-electron chi connectivity index (χ2n) is 5.18. The number of hydrogen-bond donors (Lipinski definition) is 2. The Kier molecular flexibility index (Phi) is 7.41. The number of carbonyl (C=O) groups is 2. The van der Waals surface area contributed by atoms with Gasteiger partial charge in [-0.15, -0.1) is 0 Å². The predicted molar refractivity (Wildman–Crippen MR) is 109 cm³/mol. The van der Waals surface area contributed by atoms with Gasteiger partial charge < -0.3 is 14.8 Å². The molecule has 0 fully saturated rings. The lowest BCUT2D eigenvalue weighted by Crippen LogP contribution is -2.34. The highest BCUT2D eigenvalue weighted by atomic mass is 35.5. The number of amides is 1. The highest BCUT2D eigenvalue weighted by Gasteiger charge is 2.14. The minimum absolute atomic E-state index is 0.0759. The summed E-state index contributed by atoms with van der Waals surface area (Å²) in [7, 11) is 1.43. The minimum Gasteiger partial charge on any atom is -0.494 e. The molecule has 0 spiro atoms. The average molecular weight is 427 g/mol. The number of rotatable bonds is 5. The first-order chi connectivity index (χ1) is 12.8. The molecule has 27 heavy (non-hydrogen) atoms. The van der Waals surface area contributed by atoms with Crippen LogP contribution in [-0.4, -0.2) is 30.7 Å². The van der Waals surface area contributed by atoms with Gasteiger partial charge in [-0.25, -0.2) is 4.79 Å². The molecule has 0 saturated carbocycles. The molecule has 9 heteroatoms. The van der Waals surface area contributed by atoms with E-state index in [1.165, 1.54) is 19.2 Å². The Hall–Kier alpha value is -2.35. The maximum absolute atomic E-state index is 12.3. The molecule has 0 aromatic heterocycles. The van der Waals surface area contributed by atoms with Gasteiger partial charge in [-0.2, -0.15) is 0 Å². The first-order valence-corrected chi connectivity index (χ1v) is 8.94. The SMILES string of the molecule is CCOC(=O)c1ccc(NC(=S)NC(=O)c2cc(Cl)c(OC)c(Cl)c2)cc1. The molecule has 2 N–H and O–H groups in total. The summed E-state index contributed by atoms with van der Waals surface area (Å²) in [6.45, 7) is 2.03. The van der Waals surface area contributed by atoms with E-state index in [0.717, 1.165) is 0 Å². The van der Waals surface area contributed by atoms with Gasteiger partial charge in [0.2, 0.25) is 0 Å². The monoisotopic (exact) mass is 426 g/mol. The fourth-order valence-electron chi connectivity index (χ4n) is 2.13. The molecular formula is C18H16Cl2N2O4S. The summed E-state index contributed by atoms with van der Waals surface area (Å²) in [6, 6.07) is 9.33. The van der Waals surface area contributed by atoms with E-state index in [-0.39, 0.29) is 26.5 Å². The van der Waals surface area contributed by atoms with Crippen LogP contribution in [0, 0.1) is 0 Å². The molecule has 2 aromatic rings. The first-order valence-electron chi connectivity index (χ1n) is 7.78. The van der Waals surface area contributed by atoms with Gasteiger partial charge in [0, 0.05) is 11.3 Å². The first kappa shape index (κ1) is 21.0. The maximum Gasteiger partial charge on any atom is 0.338 e. The average Bonchev–Trinajstić information content (AvgIpc) is 2.62. The molecular weight excluding hydrogens is 411 g/mol. The number of ether oxygens (including phenoxy) is 2. The predicted octanol–water partition coefficient (Wildman–Crippen LogP) is 4.31. The van der Waals surface area contributed by atoms with Gasteiger partial charge in [0.05, 0.1) is 29.3 Å². The highest BCUT2D eigenvalue weighted by molar-refractivity contribution is 7.80. The van der Waals surface area contributed by atoms with Crippen LogP contribution in [-0.2, 0) is 4.74 Å². The van der Waals surface area contributed by atoms with Crippen LogP contribution < -0.4 is 15.4 Å². The van der Waals surface area contributed by atoms with Crippen molar-refractivity contribution in [2.24, 2.45) is 0 Å². The Morgan fingerprint density at radius 3 is 2.19 bits per heavy atom. The van der Waals surface area contributed by atoms with Crippen molar-refractivity contribution in [2.75, 3.05) is 19.0 Å². The van der Waals surface area contributed by atoms with E-state index >= 15 is 0 Å². The molecule has 0 aliphatic carbocycles. The Balaban J connectivity index is 2.01. The molecule has 1 amide bonds. The number of esters is 1. The van der Waals surface area contributed by atoms with Crippen LogP contribution in [0.5, 0.6) is 5.75 Å². The van der Waals surface area contributed by atoms with E-state index in [4.69, 9.17) is 44.9 Å². The van der Waals surface area contributed by atoms with Crippen molar-refractivity contribution in [3.05, 3.63) is 57.6 Å². The zero-order valence-electron chi connectivity index (χ0n) is 14.5. The number of carbonyl (C=O) groups excluding carboxylic acids is 2. The lowest BCUT2D eigenvalue weighted by molar-refractivity contribution is 0.0526. The minimum atomic E-state index is -0.484. The largest absolute Gasteiger partial charge is 0.494 e. The summed E-state index contributed by atoms with van der Waals surface area (Å²) in [5.74, 6) is -0.604. The molecule has 0 aliphatic rings. The molecule has 2 rings (SSSR count). The van der Waals surface area contributed by atoms with Crippen molar-refractivity contribution >= 4 is 58.1 Å². The third-order valence-electron chi connectivity index (χ3n) is 3.35. The molecule has 0 aliphatic heterocycles. The molecule has 2 aromatic carbocycles. The molecule has 0 saturated heterocycles. The van der Waals surface area contributed by atoms with Gasteiger partial charge in [-0.1, -0.05) is 23.2 Å². The van der Waals surface area contributed by atoms with E-state index in [0.29, 0.717) is 17.9 Å². The lowest BCUT2D eigenvalue weighted by atomic mass is 10.2. The van der Waals surface area contributed by atoms with Crippen molar-refractivity contribution in [3.63, 3.8) is 0 Å². The van der Waals surface area contributed by atoms with Gasteiger partial charge in [-0.3, -0.25) is 10.1 Å². The van der Waals surface area contributed by atoms with E-state index in [2.05, 4.69) is 10.6 Å². The lowest BCUT2D eigenvalue weighted by Gasteiger charge is -2.12. The van der Waals surface area contributed by atoms with Crippen molar-refractivity contribution in [1.82, 2.24) is 5.32 Å². The van der Waals surface area contributed by atoms with Crippen LogP contribution in [0.3, 0.4) is 0 Å². The summed E-state index contributed by atoms with van der Waals surface area (Å²) in [5.41, 5.74) is 1.24. The summed E-state index contributed by atoms with van der Waals surface area (Å²) in [4.78, 5) is 23.9. The topological polar surface area (TPSA) is 76.7 Å². The smallest absolute Gasteiger partial charge is 0.338 e. The second-order valence-corrected chi connectivity index (χ2v) is 6.40. The summed E-state index contributed by atoms with van der Waals surface area (Å²) in [5, 5.41) is 5.87. The Bertz CT molecular complexity index is 849. The van der Waals surface area contributed by atoms with E-state index in [9.17, 15) is 9.59 Å². The third-order valence-corrected chi connectivity index (χ3v) is 4.11. The maximum atomic E-state index is 12.3. The van der Waals surface area contributed by atoms with Crippen molar-refractivity contribution in [1.29, 1.82) is 0 Å². The Morgan fingerprint density at radius 2 is 1.67 bits per heavy atom. The quantitative estimate of drug-likeness (QED) is 0.547. The molecule has 0 radical (unpaired) electrons. The molecule has 0 unspecified atom stereocenters. The third kappa shape index (κ3) is 5.56. The zero-order valence-corrected chi connectivity index (χ0v) is 16.8. The van der Waals surface area contributed by atoms with Gasteiger partial charge >= 0.3 is 5.97 Å². The van der Waals surface area contributed by atoms with Crippen LogP contribution in [0.2, 0.25) is 10.0 Å². The van der Waals surface area contributed by atoms with E-state index in [1.54, 1.807) is 31.2 Å². The second kappa shape index (κ2) is 9.55. The van der Waals surface area contributed by atoms with Gasteiger partial charge in [0.15, 0.2) is 10.9 Å². The summed E-state index contributed by atoms with van der Waals surface area (Å²) < 4.78 is 9.96. The highest BCUT2D eigenvalue weighted by Crippen LogP contribution is 2.33. The van der Waals surface area contributed by atoms with Crippen LogP contribution >= 0.6 is 35.4 Å². The van der Waals surface area contributed by atoms with Gasteiger partial charge in [0.1, 0.15) is 0 Å². The number of benzene rings is 2. The van der Waals surface area contributed by atoms with E-state index < -0.39 is 11.9 Å². The number of anilines is 1. The normalized spacial score (nSPS) is 10.1.